The number of aliphatic carboxylic acids is 3. The van der Waals surface area contributed by atoms with Crippen LogP contribution in [-0.4, -0.2) is 166 Å². The van der Waals surface area contributed by atoms with Gasteiger partial charge in [-0.25, -0.2) is 14.4 Å². The van der Waals surface area contributed by atoms with E-state index in [0.717, 1.165) is 0 Å². The van der Waals surface area contributed by atoms with Crippen LogP contribution in [0.3, 0.4) is 0 Å². The molecule has 3 heterocycles. The second-order valence-electron chi connectivity index (χ2n) is 8.45. The van der Waals surface area contributed by atoms with Crippen LogP contribution >= 0.6 is 0 Å². The van der Waals surface area contributed by atoms with Crippen LogP contribution in [-0.2, 0) is 38.1 Å². The lowest BCUT2D eigenvalue weighted by atomic mass is 9.95. The fourth-order valence-electron chi connectivity index (χ4n) is 3.98. The van der Waals surface area contributed by atoms with Gasteiger partial charge < -0.3 is 79.9 Å². The molecule has 0 aliphatic carbocycles. The third-order valence-corrected chi connectivity index (χ3v) is 5.99. The molecule has 0 radical (unpaired) electrons. The number of carboxylic acid groups (broad SMARTS) is 3. The summed E-state index contributed by atoms with van der Waals surface area (Å²) < 4.78 is 24.8. The van der Waals surface area contributed by atoms with E-state index in [-0.39, 0.29) is 0 Å². The second-order valence-corrected chi connectivity index (χ2v) is 8.45. The van der Waals surface area contributed by atoms with E-state index in [4.69, 9.17) is 24.1 Å². The Labute approximate surface area is 205 Å². The zero-order chi connectivity index (χ0) is 27.9. The molecule has 0 saturated carbocycles. The van der Waals surface area contributed by atoms with Crippen molar-refractivity contribution in [2.24, 2.45) is 0 Å². The van der Waals surface area contributed by atoms with Crippen molar-refractivity contribution in [2.75, 3.05) is 0 Å². The van der Waals surface area contributed by atoms with Gasteiger partial charge in [-0.05, 0) is 0 Å². The van der Waals surface area contributed by atoms with Crippen molar-refractivity contribution < 1.29 is 94.2 Å². The Morgan fingerprint density at radius 1 is 0.459 bits per heavy atom. The average molecular weight is 546 g/mol. The first kappa shape index (κ1) is 29.4. The fraction of sp³-hybridized carbons (Fsp3) is 0.833. The number of aliphatic hydroxyl groups is 8. The molecule has 3 aliphatic heterocycles. The molecular weight excluding hydrogens is 520 g/mol. The lowest BCUT2D eigenvalue weighted by Crippen LogP contribution is -2.67. The predicted octanol–water partition coefficient (Wildman–Crippen LogP) is -7.30. The maximum Gasteiger partial charge on any atom is 0.335 e. The molecule has 0 aromatic heterocycles. The number of rotatable bonds is 7. The molecule has 19 heteroatoms. The first-order chi connectivity index (χ1) is 17.2. The third-order valence-electron chi connectivity index (χ3n) is 5.99. The van der Waals surface area contributed by atoms with Gasteiger partial charge >= 0.3 is 17.9 Å². The number of hydrogen-bond donors (Lipinski definition) is 11. The number of hydrogen-bond acceptors (Lipinski definition) is 16. The number of carbonyl (C=O) groups is 3. The van der Waals surface area contributed by atoms with E-state index >= 15 is 0 Å². The van der Waals surface area contributed by atoms with Gasteiger partial charge in [0.15, 0.2) is 37.2 Å². The molecule has 0 amide bonds. The third kappa shape index (κ3) is 5.68. The Kier molecular flexibility index (Phi) is 9.01. The van der Waals surface area contributed by atoms with Crippen LogP contribution in [0.15, 0.2) is 0 Å². The molecule has 3 aliphatic rings. The normalized spacial score (nSPS) is 48.8. The van der Waals surface area contributed by atoms with E-state index in [2.05, 4.69) is 4.74 Å². The predicted molar refractivity (Wildman–Crippen MR) is 103 cm³/mol. The van der Waals surface area contributed by atoms with Gasteiger partial charge in [0.25, 0.3) is 0 Å². The summed E-state index contributed by atoms with van der Waals surface area (Å²) in [5.41, 5.74) is 0. The molecule has 15 atom stereocenters. The molecule has 3 fully saturated rings. The summed E-state index contributed by atoms with van der Waals surface area (Å²) in [6, 6.07) is 0. The standard InChI is InChI=1S/C18H26O19/c19-1-2(20)10(13(26)27)36-17(6(1)24)35-9-4(22)7(25)18(37-12(9)15(30)31)34-8-3(21)5(23)16(32)33-11(8)14(28)29/h1-12,16-25,32H,(H,26,27)(H,28,29)(H,30,31)/t1-,2-,3+,4+,5+,6+,7+,8-,9-,10-,11-,12-,16-,17-,18-/m0/s1. The van der Waals surface area contributed by atoms with Crippen LogP contribution in [0.2, 0.25) is 0 Å². The van der Waals surface area contributed by atoms with Gasteiger partial charge in [-0.3, -0.25) is 0 Å². The molecule has 0 unspecified atom stereocenters. The molecule has 19 nitrogen and oxygen atoms in total. The molecule has 212 valence electrons. The quantitative estimate of drug-likeness (QED) is 0.141. The van der Waals surface area contributed by atoms with Crippen LogP contribution in [0.5, 0.6) is 0 Å². The SMILES string of the molecule is O=C(O)[C@H]1O[C@H](O[C@H]2[C@H](O)[C@@H](O)[C@@H](O[C@H]3[C@H](O)[C@@H](O)[C@@H](O)O[C@@H]3C(=O)O)O[C@@H]2C(=O)O)[C@H](O)[C@@H](O)[C@@H]1O. The second kappa shape index (κ2) is 11.3. The van der Waals surface area contributed by atoms with Crippen LogP contribution in [0.25, 0.3) is 0 Å². The Balaban J connectivity index is 1.81. The van der Waals surface area contributed by atoms with Crippen LogP contribution in [0, 0.1) is 0 Å². The minimum Gasteiger partial charge on any atom is -0.479 e. The highest BCUT2D eigenvalue weighted by Crippen LogP contribution is 2.32. The Morgan fingerprint density at radius 3 is 1.30 bits per heavy atom. The van der Waals surface area contributed by atoms with Gasteiger partial charge in [0, 0.05) is 0 Å². The van der Waals surface area contributed by atoms with Crippen molar-refractivity contribution in [2.45, 2.75) is 92.1 Å². The van der Waals surface area contributed by atoms with E-state index in [1.54, 1.807) is 0 Å². The van der Waals surface area contributed by atoms with Crippen molar-refractivity contribution in [3.63, 3.8) is 0 Å². The fourth-order valence-corrected chi connectivity index (χ4v) is 3.98. The minimum atomic E-state index is -2.29. The van der Waals surface area contributed by atoms with Crippen molar-refractivity contribution in [1.29, 1.82) is 0 Å². The molecule has 0 spiro atoms. The highest BCUT2D eigenvalue weighted by atomic mass is 16.8. The molecular formula is C18H26O19. The summed E-state index contributed by atoms with van der Waals surface area (Å²) in [4.78, 5) is 34.5. The summed E-state index contributed by atoms with van der Waals surface area (Å²) in [7, 11) is 0. The summed E-state index contributed by atoms with van der Waals surface area (Å²) in [6.07, 6.45) is -32.5. The molecule has 11 N–H and O–H groups in total. The largest absolute Gasteiger partial charge is 0.479 e. The molecule has 3 saturated heterocycles. The van der Waals surface area contributed by atoms with Crippen molar-refractivity contribution in [3.8, 4) is 0 Å². The van der Waals surface area contributed by atoms with E-state index in [1.165, 1.54) is 0 Å². The molecule has 37 heavy (non-hydrogen) atoms. The topological polar surface area (TPSA) is 320 Å². The number of ether oxygens (including phenoxy) is 5. The molecule has 0 aromatic rings. The first-order valence-electron chi connectivity index (χ1n) is 10.6. The summed E-state index contributed by atoms with van der Waals surface area (Å²) in [6.45, 7) is 0. The number of aliphatic hydroxyl groups excluding tert-OH is 8. The lowest BCUT2D eigenvalue weighted by molar-refractivity contribution is -0.368. The summed E-state index contributed by atoms with van der Waals surface area (Å²) in [5, 5.41) is 108. The van der Waals surface area contributed by atoms with E-state index in [1.807, 2.05) is 0 Å². The van der Waals surface area contributed by atoms with E-state index in [0.29, 0.717) is 0 Å². The van der Waals surface area contributed by atoms with Gasteiger partial charge in [-0.2, -0.15) is 0 Å². The molecule has 3 rings (SSSR count). The minimum absolute atomic E-state index is 1.79. The van der Waals surface area contributed by atoms with Crippen molar-refractivity contribution >= 4 is 17.9 Å². The average Bonchev–Trinajstić information content (AvgIpc) is 2.82. The van der Waals surface area contributed by atoms with Gasteiger partial charge in [0.05, 0.1) is 0 Å². The highest BCUT2D eigenvalue weighted by molar-refractivity contribution is 5.74. The van der Waals surface area contributed by atoms with Gasteiger partial charge in [0.2, 0.25) is 0 Å². The van der Waals surface area contributed by atoms with E-state index < -0.39 is 110 Å². The zero-order valence-electron chi connectivity index (χ0n) is 18.3. The lowest BCUT2D eigenvalue weighted by Gasteiger charge is -2.46. The van der Waals surface area contributed by atoms with Gasteiger partial charge in [-0.1, -0.05) is 0 Å². The smallest absolute Gasteiger partial charge is 0.335 e. The Bertz CT molecular complexity index is 853. The maximum absolute atomic E-state index is 11.8. The molecule has 0 aromatic carbocycles. The first-order valence-corrected chi connectivity index (χ1v) is 10.6. The monoisotopic (exact) mass is 546 g/mol. The van der Waals surface area contributed by atoms with E-state index in [9.17, 15) is 65.4 Å². The number of carboxylic acids is 3. The van der Waals surface area contributed by atoms with Gasteiger partial charge in [-0.15, -0.1) is 0 Å². The van der Waals surface area contributed by atoms with Crippen LogP contribution in [0.1, 0.15) is 0 Å². The Morgan fingerprint density at radius 2 is 0.838 bits per heavy atom. The molecule has 0 bridgehead atoms. The van der Waals surface area contributed by atoms with Crippen LogP contribution in [0.4, 0.5) is 0 Å². The van der Waals surface area contributed by atoms with Gasteiger partial charge in [0.1, 0.15) is 54.9 Å². The van der Waals surface area contributed by atoms with Crippen LogP contribution < -0.4 is 0 Å². The Hall–Kier alpha value is -2.11. The summed E-state index contributed by atoms with van der Waals surface area (Å²) in [5.74, 6) is -5.46. The summed E-state index contributed by atoms with van der Waals surface area (Å²) >= 11 is 0. The maximum atomic E-state index is 11.8. The zero-order valence-corrected chi connectivity index (χ0v) is 18.3. The van der Waals surface area contributed by atoms with Crippen molar-refractivity contribution in [1.82, 2.24) is 0 Å². The highest BCUT2D eigenvalue weighted by Gasteiger charge is 2.56. The van der Waals surface area contributed by atoms with Crippen molar-refractivity contribution in [3.05, 3.63) is 0 Å².